The second-order valence-corrected chi connectivity index (χ2v) is 5.50. The average molecular weight is 336 g/mol. The van der Waals surface area contributed by atoms with E-state index in [1.807, 2.05) is 18.2 Å². The van der Waals surface area contributed by atoms with Gasteiger partial charge < -0.3 is 19.9 Å². The van der Waals surface area contributed by atoms with E-state index in [0.29, 0.717) is 17.0 Å². The van der Waals surface area contributed by atoms with E-state index in [9.17, 15) is 9.90 Å². The second-order valence-electron chi connectivity index (χ2n) is 5.50. The third-order valence-electron chi connectivity index (χ3n) is 3.77. The van der Waals surface area contributed by atoms with Crippen LogP contribution in [0, 0.1) is 11.3 Å². The van der Waals surface area contributed by atoms with Gasteiger partial charge in [-0.25, -0.2) is 4.79 Å². The van der Waals surface area contributed by atoms with E-state index in [2.05, 4.69) is 11.4 Å². The van der Waals surface area contributed by atoms with Crippen LogP contribution in [0.1, 0.15) is 18.4 Å². The standard InChI is InChI=1S/C19H16N2O4/c20-10-13-6-8-15(9-7-13)21-18(19(22)23)17-12-24-11-16(25-17)14-4-2-1-3-5-14/h1-2,4,6-9,11-12,18,21H,3,5H2,(H,22,23). The molecular formula is C19H16N2O4. The van der Waals surface area contributed by atoms with Crippen molar-refractivity contribution in [3.63, 3.8) is 0 Å². The zero-order chi connectivity index (χ0) is 17.6. The molecule has 0 fully saturated rings. The number of benzene rings is 1. The largest absolute Gasteiger partial charge is 0.479 e. The van der Waals surface area contributed by atoms with E-state index in [4.69, 9.17) is 14.7 Å². The zero-order valence-corrected chi connectivity index (χ0v) is 13.3. The molecule has 0 bridgehead atoms. The highest BCUT2D eigenvalue weighted by atomic mass is 16.5. The van der Waals surface area contributed by atoms with Crippen molar-refractivity contribution in [3.05, 3.63) is 77.7 Å². The summed E-state index contributed by atoms with van der Waals surface area (Å²) in [5, 5.41) is 21.3. The predicted octanol–water partition coefficient (Wildman–Crippen LogP) is 3.43. The minimum atomic E-state index is -1.11. The second kappa shape index (κ2) is 7.41. The van der Waals surface area contributed by atoms with Crippen molar-refractivity contribution >= 4 is 11.7 Å². The highest BCUT2D eigenvalue weighted by Gasteiger charge is 2.28. The van der Waals surface area contributed by atoms with E-state index >= 15 is 0 Å². The summed E-state index contributed by atoms with van der Waals surface area (Å²) in [6, 6.07) is 7.41. The van der Waals surface area contributed by atoms with Gasteiger partial charge >= 0.3 is 5.97 Å². The molecule has 1 aromatic carbocycles. The monoisotopic (exact) mass is 336 g/mol. The van der Waals surface area contributed by atoms with Crippen molar-refractivity contribution in [2.45, 2.75) is 18.9 Å². The topological polar surface area (TPSA) is 91.6 Å². The summed E-state index contributed by atoms with van der Waals surface area (Å²) in [7, 11) is 0. The number of carboxylic acid groups (broad SMARTS) is 1. The molecule has 0 aromatic heterocycles. The summed E-state index contributed by atoms with van der Waals surface area (Å²) in [5.41, 5.74) is 2.01. The van der Waals surface area contributed by atoms with E-state index < -0.39 is 12.0 Å². The minimum absolute atomic E-state index is 0.157. The molecule has 1 heterocycles. The number of aliphatic carboxylic acids is 1. The SMILES string of the molecule is N#Cc1ccc(NC(C(=O)O)C2=COC=C(C3=CC=CCC3)O2)cc1. The Kier molecular flexibility index (Phi) is 4.86. The lowest BCUT2D eigenvalue weighted by molar-refractivity contribution is -0.137. The van der Waals surface area contributed by atoms with Crippen LogP contribution in [-0.4, -0.2) is 17.1 Å². The van der Waals surface area contributed by atoms with Crippen molar-refractivity contribution in [2.24, 2.45) is 0 Å². The van der Waals surface area contributed by atoms with Crippen LogP contribution in [0.2, 0.25) is 0 Å². The van der Waals surface area contributed by atoms with Gasteiger partial charge in [0.2, 0.25) is 0 Å². The molecule has 0 amide bonds. The van der Waals surface area contributed by atoms with Crippen LogP contribution < -0.4 is 5.32 Å². The maximum absolute atomic E-state index is 11.7. The molecule has 1 aliphatic carbocycles. The zero-order valence-electron chi connectivity index (χ0n) is 13.3. The van der Waals surface area contributed by atoms with Gasteiger partial charge in [0.25, 0.3) is 0 Å². The Bertz CT molecular complexity index is 826. The molecule has 126 valence electrons. The molecule has 1 unspecified atom stereocenters. The summed E-state index contributed by atoms with van der Waals surface area (Å²) in [4.78, 5) is 11.7. The van der Waals surface area contributed by atoms with Gasteiger partial charge in [-0.3, -0.25) is 0 Å². The van der Waals surface area contributed by atoms with E-state index in [-0.39, 0.29) is 5.76 Å². The Labute approximate surface area is 145 Å². The average Bonchev–Trinajstić information content (AvgIpc) is 2.67. The number of rotatable bonds is 5. The first-order chi connectivity index (χ1) is 12.2. The van der Waals surface area contributed by atoms with Crippen LogP contribution in [0.5, 0.6) is 0 Å². The number of nitrogens with zero attached hydrogens (tertiary/aromatic N) is 1. The van der Waals surface area contributed by atoms with Crippen LogP contribution in [0.25, 0.3) is 0 Å². The Morgan fingerprint density at radius 1 is 1.28 bits per heavy atom. The molecule has 1 atom stereocenters. The number of carboxylic acids is 1. The van der Waals surface area contributed by atoms with Crippen molar-refractivity contribution in [1.82, 2.24) is 0 Å². The van der Waals surface area contributed by atoms with E-state index in [1.165, 1.54) is 12.5 Å². The lowest BCUT2D eigenvalue weighted by atomic mass is 10.0. The van der Waals surface area contributed by atoms with Crippen molar-refractivity contribution in [2.75, 3.05) is 5.32 Å². The maximum Gasteiger partial charge on any atom is 0.334 e. The number of nitrogens with one attached hydrogen (secondary N) is 1. The Hall–Kier alpha value is -3.46. The van der Waals surface area contributed by atoms with Gasteiger partial charge in [0, 0.05) is 5.69 Å². The molecule has 3 rings (SSSR count). The fourth-order valence-electron chi connectivity index (χ4n) is 2.48. The fourth-order valence-corrected chi connectivity index (χ4v) is 2.48. The van der Waals surface area contributed by atoms with Crippen molar-refractivity contribution in [3.8, 4) is 6.07 Å². The predicted molar refractivity (Wildman–Crippen MR) is 91.0 cm³/mol. The molecule has 6 nitrogen and oxygen atoms in total. The first-order valence-electron chi connectivity index (χ1n) is 7.76. The van der Waals surface area contributed by atoms with Crippen molar-refractivity contribution < 1.29 is 19.4 Å². The summed E-state index contributed by atoms with van der Waals surface area (Å²) in [5.74, 6) is -0.433. The van der Waals surface area contributed by atoms with Crippen LogP contribution >= 0.6 is 0 Å². The fraction of sp³-hybridized carbons (Fsp3) is 0.158. The van der Waals surface area contributed by atoms with Gasteiger partial charge in [-0.2, -0.15) is 5.26 Å². The summed E-state index contributed by atoms with van der Waals surface area (Å²) < 4.78 is 11.1. The van der Waals surface area contributed by atoms with Crippen molar-refractivity contribution in [1.29, 1.82) is 5.26 Å². The number of anilines is 1. The summed E-state index contributed by atoms with van der Waals surface area (Å²) in [6.07, 6.45) is 10.4. The quantitative estimate of drug-likeness (QED) is 0.856. The molecule has 6 heteroatoms. The number of allylic oxidation sites excluding steroid dienone is 4. The first-order valence-corrected chi connectivity index (χ1v) is 7.76. The normalized spacial score (nSPS) is 17.0. The van der Waals surface area contributed by atoms with Crippen LogP contribution in [0.3, 0.4) is 0 Å². The number of hydrogen-bond donors (Lipinski definition) is 2. The Morgan fingerprint density at radius 3 is 2.72 bits per heavy atom. The van der Waals surface area contributed by atoms with Crippen LogP contribution in [0.15, 0.2) is 72.1 Å². The molecule has 0 radical (unpaired) electrons. The third kappa shape index (κ3) is 3.90. The molecule has 25 heavy (non-hydrogen) atoms. The maximum atomic E-state index is 11.7. The number of carbonyl (C=O) groups is 1. The summed E-state index contributed by atoms with van der Waals surface area (Å²) in [6.45, 7) is 0. The minimum Gasteiger partial charge on any atom is -0.479 e. The highest BCUT2D eigenvalue weighted by Crippen LogP contribution is 2.28. The Morgan fingerprint density at radius 2 is 2.08 bits per heavy atom. The van der Waals surface area contributed by atoms with Gasteiger partial charge in [0.1, 0.15) is 12.5 Å². The van der Waals surface area contributed by atoms with Gasteiger partial charge in [-0.1, -0.05) is 18.2 Å². The molecule has 0 saturated carbocycles. The lowest BCUT2D eigenvalue weighted by Crippen LogP contribution is -2.33. The molecule has 0 spiro atoms. The number of hydrogen-bond acceptors (Lipinski definition) is 5. The molecule has 1 aromatic rings. The smallest absolute Gasteiger partial charge is 0.334 e. The molecular weight excluding hydrogens is 320 g/mol. The highest BCUT2D eigenvalue weighted by molar-refractivity contribution is 5.80. The van der Waals surface area contributed by atoms with Gasteiger partial charge in [-0.15, -0.1) is 0 Å². The first kappa shape index (κ1) is 16.4. The summed E-state index contributed by atoms with van der Waals surface area (Å²) >= 11 is 0. The molecule has 0 saturated heterocycles. The van der Waals surface area contributed by atoms with Gasteiger partial charge in [0.15, 0.2) is 17.6 Å². The lowest BCUT2D eigenvalue weighted by Gasteiger charge is -2.24. The number of ether oxygens (including phenoxy) is 2. The molecule has 2 N–H and O–H groups in total. The molecule has 2 aliphatic rings. The van der Waals surface area contributed by atoms with Crippen LogP contribution in [-0.2, 0) is 14.3 Å². The van der Waals surface area contributed by atoms with Crippen LogP contribution in [0.4, 0.5) is 5.69 Å². The molecule has 1 aliphatic heterocycles. The Balaban J connectivity index is 1.75. The van der Waals surface area contributed by atoms with E-state index in [1.54, 1.807) is 24.3 Å². The third-order valence-corrected chi connectivity index (χ3v) is 3.77. The van der Waals surface area contributed by atoms with E-state index in [0.717, 1.165) is 18.4 Å². The van der Waals surface area contributed by atoms with Gasteiger partial charge in [-0.05, 0) is 42.7 Å². The van der Waals surface area contributed by atoms with Gasteiger partial charge in [0.05, 0.1) is 11.6 Å². The number of nitriles is 1.